The molecule has 2 heterocycles. The van der Waals surface area contributed by atoms with Crippen LogP contribution in [0.4, 0.5) is 0 Å². The van der Waals surface area contributed by atoms with Crippen molar-refractivity contribution in [3.8, 4) is 57.3 Å². The first-order valence-corrected chi connectivity index (χ1v) is 17.0. The molecule has 0 aliphatic carbocycles. The lowest BCUT2D eigenvalue weighted by Gasteiger charge is -2.13. The summed E-state index contributed by atoms with van der Waals surface area (Å²) in [5, 5.41) is 35.1. The molecule has 0 radical (unpaired) electrons. The van der Waals surface area contributed by atoms with E-state index < -0.39 is 0 Å². The average molecular weight is 653 g/mol. The Kier molecular flexibility index (Phi) is 6.78. The third-order valence-corrected chi connectivity index (χ3v) is 10.7. The van der Waals surface area contributed by atoms with E-state index in [4.69, 9.17) is 0 Å². The molecular formula is C45H24N4S. The highest BCUT2D eigenvalue weighted by molar-refractivity contribution is 7.26. The molecule has 0 unspecified atom stereocenters. The minimum Gasteiger partial charge on any atom is -0.308 e. The molecule has 0 N–H and O–H groups in total. The van der Waals surface area contributed by atoms with Gasteiger partial charge in [0, 0.05) is 37.5 Å². The molecule has 4 nitrogen and oxygen atoms in total. The van der Waals surface area contributed by atoms with Crippen molar-refractivity contribution in [2.24, 2.45) is 0 Å². The predicted octanol–water partition coefficient (Wildman–Crippen LogP) is 11.8. The van der Waals surface area contributed by atoms with E-state index in [1.165, 1.54) is 36.5 Å². The summed E-state index contributed by atoms with van der Waals surface area (Å²) in [5.74, 6) is 0. The van der Waals surface area contributed by atoms with E-state index in [9.17, 15) is 15.8 Å². The predicted molar refractivity (Wildman–Crippen MR) is 204 cm³/mol. The highest BCUT2D eigenvalue weighted by Crippen LogP contribution is 2.43. The van der Waals surface area contributed by atoms with Crippen LogP contribution in [0.25, 0.3) is 81.0 Å². The summed E-state index contributed by atoms with van der Waals surface area (Å²) in [5.41, 5.74) is 9.69. The maximum Gasteiger partial charge on any atom is 0.0998 e. The van der Waals surface area contributed by atoms with Crippen LogP contribution >= 0.6 is 11.3 Å². The summed E-state index contributed by atoms with van der Waals surface area (Å²) >= 11 is 1.83. The Morgan fingerprint density at radius 3 is 1.80 bits per heavy atom. The summed E-state index contributed by atoms with van der Waals surface area (Å²) < 4.78 is 4.89. The van der Waals surface area contributed by atoms with Crippen molar-refractivity contribution in [1.29, 1.82) is 15.8 Å². The molecule has 0 spiro atoms. The van der Waals surface area contributed by atoms with Crippen molar-refractivity contribution >= 4 is 53.3 Å². The molecule has 50 heavy (non-hydrogen) atoms. The molecule has 0 amide bonds. The van der Waals surface area contributed by atoms with Gasteiger partial charge in [-0.15, -0.1) is 11.3 Å². The lowest BCUT2D eigenvalue weighted by molar-refractivity contribution is 1.19. The van der Waals surface area contributed by atoms with Crippen LogP contribution < -0.4 is 0 Å². The smallest absolute Gasteiger partial charge is 0.0998 e. The first-order chi connectivity index (χ1) is 24.7. The van der Waals surface area contributed by atoms with Crippen molar-refractivity contribution in [3.63, 3.8) is 0 Å². The van der Waals surface area contributed by atoms with Crippen molar-refractivity contribution in [2.75, 3.05) is 0 Å². The molecule has 0 saturated carbocycles. The third-order valence-electron chi connectivity index (χ3n) is 9.55. The Morgan fingerprint density at radius 2 is 1.06 bits per heavy atom. The van der Waals surface area contributed by atoms with Gasteiger partial charge in [0.2, 0.25) is 0 Å². The van der Waals surface area contributed by atoms with Crippen molar-refractivity contribution < 1.29 is 0 Å². The number of nitriles is 3. The van der Waals surface area contributed by atoms with E-state index in [-0.39, 0.29) is 0 Å². The standard InChI is InChI=1S/C45H24N4S/c46-25-31-7-1-2-8-36(31)29-13-15-30(16-14-29)43-33(26-47)23-32(24-34(43)27-48)28-17-19-35(20-18-28)49-41-11-5-3-9-37(41)39-21-22-40-38-10-4-6-12-42(38)50-45(40)44(39)49/h1-24H. The molecule has 7 aromatic carbocycles. The van der Waals surface area contributed by atoms with E-state index in [2.05, 4.69) is 108 Å². The molecule has 0 saturated heterocycles. The van der Waals surface area contributed by atoms with Gasteiger partial charge in [-0.05, 0) is 70.3 Å². The number of thiophene rings is 1. The Labute approximate surface area is 292 Å². The molecule has 0 aliphatic rings. The van der Waals surface area contributed by atoms with Gasteiger partial charge in [0.1, 0.15) is 0 Å². The molecule has 0 aliphatic heterocycles. The Morgan fingerprint density at radius 1 is 0.460 bits per heavy atom. The fraction of sp³-hybridized carbons (Fsp3) is 0. The number of fused-ring (bicyclic) bond motifs is 7. The van der Waals surface area contributed by atoms with Crippen LogP contribution in [0.1, 0.15) is 16.7 Å². The zero-order valence-electron chi connectivity index (χ0n) is 26.6. The molecule has 9 rings (SSSR count). The molecule has 0 bridgehead atoms. The fourth-order valence-corrected chi connectivity index (χ4v) is 8.49. The van der Waals surface area contributed by atoms with E-state index in [1.807, 2.05) is 65.9 Å². The van der Waals surface area contributed by atoms with Crippen LogP contribution in [0.15, 0.2) is 146 Å². The second-order valence-corrected chi connectivity index (χ2v) is 13.3. The molecular weight excluding hydrogens is 629 g/mol. The van der Waals surface area contributed by atoms with Crippen LogP contribution in [-0.2, 0) is 0 Å². The van der Waals surface area contributed by atoms with E-state index >= 15 is 0 Å². The topological polar surface area (TPSA) is 76.3 Å². The summed E-state index contributed by atoms with van der Waals surface area (Å²) in [6.07, 6.45) is 0. The second kappa shape index (κ2) is 11.6. The molecule has 2 aromatic heterocycles. The van der Waals surface area contributed by atoms with Crippen LogP contribution in [-0.4, -0.2) is 4.57 Å². The monoisotopic (exact) mass is 652 g/mol. The zero-order valence-corrected chi connectivity index (χ0v) is 27.4. The van der Waals surface area contributed by atoms with Crippen LogP contribution in [0.2, 0.25) is 0 Å². The van der Waals surface area contributed by atoms with E-state index in [0.29, 0.717) is 22.3 Å². The van der Waals surface area contributed by atoms with Crippen LogP contribution in [0, 0.1) is 34.0 Å². The number of aromatic nitrogens is 1. The Balaban J connectivity index is 1.14. The number of nitrogens with zero attached hydrogens (tertiary/aromatic N) is 4. The first-order valence-electron chi connectivity index (χ1n) is 16.2. The van der Waals surface area contributed by atoms with Gasteiger partial charge < -0.3 is 4.57 Å². The number of hydrogen-bond acceptors (Lipinski definition) is 4. The normalized spacial score (nSPS) is 11.1. The molecule has 9 aromatic rings. The average Bonchev–Trinajstić information content (AvgIpc) is 3.73. The fourth-order valence-electron chi connectivity index (χ4n) is 7.25. The van der Waals surface area contributed by atoms with Gasteiger partial charge >= 0.3 is 0 Å². The molecule has 0 fully saturated rings. The largest absolute Gasteiger partial charge is 0.308 e. The third kappa shape index (κ3) is 4.49. The summed E-state index contributed by atoms with van der Waals surface area (Å²) in [6.45, 7) is 0. The molecule has 5 heteroatoms. The lowest BCUT2D eigenvalue weighted by Crippen LogP contribution is -1.95. The lowest BCUT2D eigenvalue weighted by atomic mass is 9.90. The quantitative estimate of drug-likeness (QED) is 0.190. The number of para-hydroxylation sites is 1. The summed E-state index contributed by atoms with van der Waals surface area (Å²) in [7, 11) is 0. The highest BCUT2D eigenvalue weighted by atomic mass is 32.1. The van der Waals surface area contributed by atoms with Gasteiger partial charge in [0.25, 0.3) is 0 Å². The van der Waals surface area contributed by atoms with Gasteiger partial charge in [0.15, 0.2) is 0 Å². The number of benzene rings is 7. The molecule has 230 valence electrons. The van der Waals surface area contributed by atoms with E-state index in [0.717, 1.165) is 39.0 Å². The maximum atomic E-state index is 10.3. The Bertz CT molecular complexity index is 2910. The number of rotatable bonds is 4. The molecule has 0 atom stereocenters. The van der Waals surface area contributed by atoms with Gasteiger partial charge in [-0.1, -0.05) is 103 Å². The first kappa shape index (κ1) is 29.2. The number of hydrogen-bond donors (Lipinski definition) is 0. The zero-order chi connectivity index (χ0) is 33.8. The summed E-state index contributed by atoms with van der Waals surface area (Å²) in [6, 6.07) is 55.8. The van der Waals surface area contributed by atoms with Gasteiger partial charge in [0.05, 0.1) is 50.6 Å². The van der Waals surface area contributed by atoms with Crippen molar-refractivity contribution in [2.45, 2.75) is 0 Å². The minimum absolute atomic E-state index is 0.433. The van der Waals surface area contributed by atoms with Crippen molar-refractivity contribution in [3.05, 3.63) is 162 Å². The van der Waals surface area contributed by atoms with Crippen molar-refractivity contribution in [1.82, 2.24) is 4.57 Å². The van der Waals surface area contributed by atoms with Gasteiger partial charge in [-0.2, -0.15) is 15.8 Å². The van der Waals surface area contributed by atoms with Gasteiger partial charge in [-0.25, -0.2) is 0 Å². The van der Waals surface area contributed by atoms with Gasteiger partial charge in [-0.3, -0.25) is 0 Å². The van der Waals surface area contributed by atoms with E-state index in [1.54, 1.807) is 6.07 Å². The van der Waals surface area contributed by atoms with Crippen LogP contribution in [0.5, 0.6) is 0 Å². The SMILES string of the molecule is N#Cc1ccccc1-c1ccc(-c2c(C#N)cc(-c3ccc(-n4c5ccccc5c5ccc6c7ccccc7sc6c54)cc3)cc2C#N)cc1. The highest BCUT2D eigenvalue weighted by Gasteiger charge is 2.19. The van der Waals surface area contributed by atoms with Crippen LogP contribution in [0.3, 0.4) is 0 Å². The Hall–Kier alpha value is -6.97. The maximum absolute atomic E-state index is 10.3. The second-order valence-electron chi connectivity index (χ2n) is 12.2. The summed E-state index contributed by atoms with van der Waals surface area (Å²) in [4.78, 5) is 0. The minimum atomic E-state index is 0.433.